The van der Waals surface area contributed by atoms with Crippen molar-refractivity contribution in [2.45, 2.75) is 44.2 Å². The van der Waals surface area contributed by atoms with E-state index in [0.717, 1.165) is 64.3 Å². The minimum atomic E-state index is 0.184. The molecule has 172 valence electrons. The highest BCUT2D eigenvalue weighted by Gasteiger charge is 2.47. The van der Waals surface area contributed by atoms with Crippen LogP contribution >= 0.6 is 0 Å². The predicted molar refractivity (Wildman–Crippen MR) is 121 cm³/mol. The Labute approximate surface area is 190 Å². The van der Waals surface area contributed by atoms with Crippen molar-refractivity contribution >= 4 is 11.7 Å². The molecule has 0 aromatic carbocycles. The van der Waals surface area contributed by atoms with Crippen LogP contribution in [0.25, 0.3) is 0 Å². The number of carbonyl (C=O) groups excluding carboxylic acids is 1. The van der Waals surface area contributed by atoms with E-state index in [2.05, 4.69) is 31.5 Å². The summed E-state index contributed by atoms with van der Waals surface area (Å²) >= 11 is 0. The van der Waals surface area contributed by atoms with E-state index in [1.54, 1.807) is 13.3 Å². The zero-order valence-corrected chi connectivity index (χ0v) is 18.9. The highest BCUT2D eigenvalue weighted by Crippen LogP contribution is 2.39. The molecule has 4 fully saturated rings. The third kappa shape index (κ3) is 4.16. The summed E-state index contributed by atoms with van der Waals surface area (Å²) in [6.07, 6.45) is 7.35. The lowest BCUT2D eigenvalue weighted by Crippen LogP contribution is -2.64. The highest BCUT2D eigenvalue weighted by atomic mass is 16.5. The normalized spacial score (nSPS) is 32.9. The third-order valence-electron chi connectivity index (χ3n) is 8.05. The Kier molecular flexibility index (Phi) is 6.20. The van der Waals surface area contributed by atoms with Gasteiger partial charge in [-0.15, -0.1) is 0 Å². The minimum absolute atomic E-state index is 0.184. The second kappa shape index (κ2) is 9.24. The summed E-state index contributed by atoms with van der Waals surface area (Å²) < 4.78 is 5.34. The Morgan fingerprint density at radius 1 is 1.25 bits per heavy atom. The molecule has 5 unspecified atom stereocenters. The molecule has 0 spiro atoms. The molecule has 1 aliphatic carbocycles. The van der Waals surface area contributed by atoms with Crippen LogP contribution in [0.5, 0.6) is 5.75 Å². The summed E-state index contributed by atoms with van der Waals surface area (Å²) in [4.78, 5) is 21.9. The van der Waals surface area contributed by atoms with Crippen LogP contribution in [-0.4, -0.2) is 74.3 Å². The van der Waals surface area contributed by atoms with Gasteiger partial charge >= 0.3 is 0 Å². The number of aromatic nitrogens is 1. The predicted octanol–water partition coefficient (Wildman–Crippen LogP) is 1.37. The van der Waals surface area contributed by atoms with Gasteiger partial charge in [-0.1, -0.05) is 0 Å². The van der Waals surface area contributed by atoms with Crippen molar-refractivity contribution in [1.29, 1.82) is 5.26 Å². The fourth-order valence-electron chi connectivity index (χ4n) is 6.37. The van der Waals surface area contributed by atoms with Crippen LogP contribution in [0.3, 0.4) is 0 Å². The molecular formula is C24H34N6O2. The number of methoxy groups -OCH3 is 1. The Morgan fingerprint density at radius 2 is 2.09 bits per heavy atom. The lowest BCUT2D eigenvalue weighted by Gasteiger charge is -2.50. The van der Waals surface area contributed by atoms with Crippen molar-refractivity contribution in [1.82, 2.24) is 20.5 Å². The molecule has 2 N–H and O–H groups in total. The Hall–Kier alpha value is -2.37. The summed E-state index contributed by atoms with van der Waals surface area (Å²) in [6.45, 7) is 6.03. The van der Waals surface area contributed by atoms with Gasteiger partial charge in [0.25, 0.3) is 0 Å². The average molecular weight is 439 g/mol. The molecule has 32 heavy (non-hydrogen) atoms. The molecular weight excluding hydrogens is 404 g/mol. The number of piperidine rings is 2. The molecule has 5 rings (SSSR count). The molecule has 0 bridgehead atoms. The molecule has 1 saturated carbocycles. The number of hydrogen-bond donors (Lipinski definition) is 2. The van der Waals surface area contributed by atoms with E-state index in [-0.39, 0.29) is 11.8 Å². The lowest BCUT2D eigenvalue weighted by atomic mass is 9.67. The minimum Gasteiger partial charge on any atom is -0.495 e. The number of rotatable bonds is 4. The van der Waals surface area contributed by atoms with Gasteiger partial charge in [0.15, 0.2) is 0 Å². The second-order valence-electron chi connectivity index (χ2n) is 9.83. The van der Waals surface area contributed by atoms with Crippen LogP contribution in [0.15, 0.2) is 12.3 Å². The first-order valence-electron chi connectivity index (χ1n) is 12.1. The first-order chi connectivity index (χ1) is 15.7. The smallest absolute Gasteiger partial charge is 0.224 e. The highest BCUT2D eigenvalue weighted by molar-refractivity contribution is 5.81. The van der Waals surface area contributed by atoms with Crippen LogP contribution in [0.4, 0.5) is 5.82 Å². The molecule has 0 radical (unpaired) electrons. The third-order valence-corrected chi connectivity index (χ3v) is 8.05. The molecule has 5 atom stereocenters. The summed E-state index contributed by atoms with van der Waals surface area (Å²) in [5, 5.41) is 16.2. The van der Waals surface area contributed by atoms with Gasteiger partial charge < -0.3 is 20.3 Å². The van der Waals surface area contributed by atoms with Crippen molar-refractivity contribution in [2.75, 3.05) is 51.3 Å². The topological polar surface area (TPSA) is 93.5 Å². The van der Waals surface area contributed by atoms with Gasteiger partial charge in [0.1, 0.15) is 23.2 Å². The molecule has 4 aliphatic rings. The summed E-state index contributed by atoms with van der Waals surface area (Å²) in [6, 6.07) is 4.72. The molecule has 8 nitrogen and oxygen atoms in total. The van der Waals surface area contributed by atoms with E-state index >= 15 is 0 Å². The number of fused-ring (bicyclic) bond motifs is 3. The maximum Gasteiger partial charge on any atom is 0.224 e. The van der Waals surface area contributed by atoms with Crippen LogP contribution in [-0.2, 0) is 4.79 Å². The first-order valence-corrected chi connectivity index (χ1v) is 12.1. The van der Waals surface area contributed by atoms with Gasteiger partial charge in [-0.25, -0.2) is 4.98 Å². The van der Waals surface area contributed by atoms with Crippen molar-refractivity contribution in [3.63, 3.8) is 0 Å². The number of anilines is 1. The number of amides is 1. The van der Waals surface area contributed by atoms with Crippen LogP contribution in [0, 0.1) is 29.1 Å². The molecule has 4 heterocycles. The van der Waals surface area contributed by atoms with E-state index in [9.17, 15) is 4.79 Å². The monoisotopic (exact) mass is 438 g/mol. The number of piperazine rings is 1. The van der Waals surface area contributed by atoms with Gasteiger partial charge in [0.05, 0.1) is 19.2 Å². The fraction of sp³-hybridized carbons (Fsp3) is 0.708. The largest absolute Gasteiger partial charge is 0.495 e. The van der Waals surface area contributed by atoms with Gasteiger partial charge in [0.2, 0.25) is 5.91 Å². The van der Waals surface area contributed by atoms with Crippen molar-refractivity contribution in [2.24, 2.45) is 17.8 Å². The molecule has 1 aromatic heterocycles. The zero-order valence-electron chi connectivity index (χ0n) is 18.9. The maximum absolute atomic E-state index is 12.6. The maximum atomic E-state index is 12.6. The zero-order chi connectivity index (χ0) is 22.1. The second-order valence-corrected chi connectivity index (χ2v) is 9.83. The molecule has 3 aliphatic heterocycles. The summed E-state index contributed by atoms with van der Waals surface area (Å²) in [5.41, 5.74) is 0.468. The quantitative estimate of drug-likeness (QED) is 0.733. The molecule has 1 amide bonds. The van der Waals surface area contributed by atoms with Crippen molar-refractivity contribution in [3.8, 4) is 11.8 Å². The van der Waals surface area contributed by atoms with Gasteiger partial charge in [-0.3, -0.25) is 9.69 Å². The summed E-state index contributed by atoms with van der Waals surface area (Å²) in [7, 11) is 1.59. The van der Waals surface area contributed by atoms with E-state index < -0.39 is 0 Å². The van der Waals surface area contributed by atoms with Crippen LogP contribution < -0.4 is 20.3 Å². The number of carbonyl (C=O) groups is 1. The Morgan fingerprint density at radius 3 is 2.88 bits per heavy atom. The number of nitrogens with zero attached hydrogens (tertiary/aromatic N) is 4. The number of nitrogens with one attached hydrogen (secondary N) is 2. The standard InChI is InChI=1S/C24H34N6O2/c1-32-21-12-22(27-14-17(21)13-25)30-9-7-29(8-10-30)15-16-4-5-18-20(11-16)28-24(31)19-3-2-6-26-23(18)19/h12,14,16,18-20,23,26H,2-11,15H2,1H3,(H,28,31). The molecule has 1 aromatic rings. The Balaban J connectivity index is 1.14. The van der Waals surface area contributed by atoms with E-state index in [4.69, 9.17) is 10.00 Å². The Bertz CT molecular complexity index is 878. The SMILES string of the molecule is COc1cc(N2CCN(CC3CCC4C(C3)NC(=O)C3CCCNC34)CC2)ncc1C#N. The average Bonchev–Trinajstić information content (AvgIpc) is 2.84. The van der Waals surface area contributed by atoms with E-state index in [1.807, 2.05) is 6.07 Å². The van der Waals surface area contributed by atoms with Crippen LogP contribution in [0.2, 0.25) is 0 Å². The number of hydrogen-bond acceptors (Lipinski definition) is 7. The van der Waals surface area contributed by atoms with Crippen molar-refractivity contribution < 1.29 is 9.53 Å². The van der Waals surface area contributed by atoms with Gasteiger partial charge in [-0.05, 0) is 50.5 Å². The number of ether oxygens (including phenoxy) is 1. The fourth-order valence-corrected chi connectivity index (χ4v) is 6.37. The number of nitriles is 1. The van der Waals surface area contributed by atoms with E-state index in [0.29, 0.717) is 35.2 Å². The van der Waals surface area contributed by atoms with Gasteiger partial charge in [-0.2, -0.15) is 5.26 Å². The molecule has 8 heteroatoms. The van der Waals surface area contributed by atoms with Gasteiger partial charge in [0, 0.05) is 50.9 Å². The number of pyridine rings is 1. The van der Waals surface area contributed by atoms with Crippen molar-refractivity contribution in [3.05, 3.63) is 17.8 Å². The molecule has 3 saturated heterocycles. The van der Waals surface area contributed by atoms with Crippen LogP contribution in [0.1, 0.15) is 37.7 Å². The lowest BCUT2D eigenvalue weighted by molar-refractivity contribution is -0.133. The first kappa shape index (κ1) is 21.5. The summed E-state index contributed by atoms with van der Waals surface area (Å²) in [5.74, 6) is 3.17. The van der Waals surface area contributed by atoms with E-state index in [1.165, 1.54) is 12.8 Å².